The lowest BCUT2D eigenvalue weighted by atomic mass is 10.1. The summed E-state index contributed by atoms with van der Waals surface area (Å²) in [7, 11) is 1.76. The normalized spacial score (nSPS) is 10.9. The molecule has 0 spiro atoms. The SMILES string of the molecule is Cc1ccc(C(=O)N(C)C(C)CN)c(C)n1.Cl.Cl. The molecule has 104 valence electrons. The quantitative estimate of drug-likeness (QED) is 0.927. The van der Waals surface area contributed by atoms with Crippen molar-refractivity contribution in [3.8, 4) is 0 Å². The summed E-state index contributed by atoms with van der Waals surface area (Å²) in [5.74, 6) is -0.0250. The maximum Gasteiger partial charge on any atom is 0.255 e. The molecule has 1 heterocycles. The molecule has 4 nitrogen and oxygen atoms in total. The van der Waals surface area contributed by atoms with E-state index in [9.17, 15) is 4.79 Å². The standard InChI is InChI=1S/C12H19N3O.2ClH/c1-8-5-6-11(10(3)14-8)12(16)15(4)9(2)7-13;;/h5-6,9H,7,13H2,1-4H3;2*1H. The number of halogens is 2. The fourth-order valence-electron chi connectivity index (χ4n) is 1.46. The molecule has 18 heavy (non-hydrogen) atoms. The third kappa shape index (κ3) is 4.44. The molecule has 0 aromatic carbocycles. The Balaban J connectivity index is 0. The van der Waals surface area contributed by atoms with Crippen molar-refractivity contribution in [1.82, 2.24) is 9.88 Å². The van der Waals surface area contributed by atoms with Crippen molar-refractivity contribution < 1.29 is 4.79 Å². The first-order valence-electron chi connectivity index (χ1n) is 5.38. The summed E-state index contributed by atoms with van der Waals surface area (Å²) in [5, 5.41) is 0. The van der Waals surface area contributed by atoms with Gasteiger partial charge in [0.2, 0.25) is 0 Å². The second-order valence-electron chi connectivity index (χ2n) is 4.09. The molecule has 0 bridgehead atoms. The van der Waals surface area contributed by atoms with Gasteiger partial charge in [-0.1, -0.05) is 0 Å². The first-order chi connectivity index (χ1) is 7.47. The molecular formula is C12H21Cl2N3O. The number of hydrogen-bond acceptors (Lipinski definition) is 3. The van der Waals surface area contributed by atoms with Crippen molar-refractivity contribution in [2.45, 2.75) is 26.8 Å². The Labute approximate surface area is 121 Å². The molecule has 1 unspecified atom stereocenters. The third-order valence-corrected chi connectivity index (χ3v) is 2.78. The second kappa shape index (κ2) is 8.29. The van der Waals surface area contributed by atoms with Crippen molar-refractivity contribution in [2.75, 3.05) is 13.6 Å². The molecule has 0 aliphatic carbocycles. The van der Waals surface area contributed by atoms with Gasteiger partial charge in [-0.2, -0.15) is 0 Å². The predicted octanol–water partition coefficient (Wildman–Crippen LogP) is 1.96. The van der Waals surface area contributed by atoms with Crippen LogP contribution in [0, 0.1) is 13.8 Å². The van der Waals surface area contributed by atoms with Crippen LogP contribution in [0.1, 0.15) is 28.7 Å². The summed E-state index contributed by atoms with van der Waals surface area (Å²) in [6.45, 7) is 6.14. The van der Waals surface area contributed by atoms with Crippen LogP contribution in [-0.4, -0.2) is 35.4 Å². The number of hydrogen-bond donors (Lipinski definition) is 1. The van der Waals surface area contributed by atoms with Crippen LogP contribution in [-0.2, 0) is 0 Å². The summed E-state index contributed by atoms with van der Waals surface area (Å²) in [6, 6.07) is 3.70. The highest BCUT2D eigenvalue weighted by Gasteiger charge is 2.18. The highest BCUT2D eigenvalue weighted by Crippen LogP contribution is 2.10. The number of carbonyl (C=O) groups excluding carboxylic acids is 1. The molecule has 0 saturated heterocycles. The number of amides is 1. The highest BCUT2D eigenvalue weighted by atomic mass is 35.5. The van der Waals surface area contributed by atoms with Crippen molar-refractivity contribution >= 4 is 30.7 Å². The molecule has 0 fully saturated rings. The van der Waals surface area contributed by atoms with Crippen LogP contribution in [0.15, 0.2) is 12.1 Å². The minimum absolute atomic E-state index is 0. The number of likely N-dealkylation sites (N-methyl/N-ethyl adjacent to an activating group) is 1. The number of nitrogens with two attached hydrogens (primary N) is 1. The molecule has 0 saturated carbocycles. The second-order valence-corrected chi connectivity index (χ2v) is 4.09. The fraction of sp³-hybridized carbons (Fsp3) is 0.500. The Hall–Kier alpha value is -0.840. The topological polar surface area (TPSA) is 59.2 Å². The van der Waals surface area contributed by atoms with Gasteiger partial charge in [0.05, 0.1) is 11.3 Å². The van der Waals surface area contributed by atoms with Crippen LogP contribution in [0.5, 0.6) is 0 Å². The molecule has 1 aromatic rings. The lowest BCUT2D eigenvalue weighted by Crippen LogP contribution is -2.40. The summed E-state index contributed by atoms with van der Waals surface area (Å²) < 4.78 is 0. The maximum atomic E-state index is 12.1. The van der Waals surface area contributed by atoms with Gasteiger partial charge in [-0.05, 0) is 32.9 Å². The van der Waals surface area contributed by atoms with Gasteiger partial charge in [-0.25, -0.2) is 0 Å². The van der Waals surface area contributed by atoms with Gasteiger partial charge in [0.15, 0.2) is 0 Å². The first kappa shape index (κ1) is 19.5. The van der Waals surface area contributed by atoms with Crippen molar-refractivity contribution in [3.63, 3.8) is 0 Å². The monoisotopic (exact) mass is 293 g/mol. The maximum absolute atomic E-state index is 12.1. The van der Waals surface area contributed by atoms with Gasteiger partial charge in [0, 0.05) is 25.3 Å². The predicted molar refractivity (Wildman–Crippen MR) is 78.8 cm³/mol. The molecule has 1 atom stereocenters. The van der Waals surface area contributed by atoms with Crippen LogP contribution in [0.2, 0.25) is 0 Å². The third-order valence-electron chi connectivity index (χ3n) is 2.78. The van der Waals surface area contributed by atoms with E-state index >= 15 is 0 Å². The molecule has 2 N–H and O–H groups in total. The summed E-state index contributed by atoms with van der Waals surface area (Å²) in [6.07, 6.45) is 0. The van der Waals surface area contributed by atoms with Gasteiger partial charge in [0.25, 0.3) is 5.91 Å². The van der Waals surface area contributed by atoms with Gasteiger partial charge >= 0.3 is 0 Å². The number of rotatable bonds is 3. The average molecular weight is 294 g/mol. The Kier molecular flexibility index (Phi) is 8.99. The lowest BCUT2D eigenvalue weighted by molar-refractivity contribution is 0.0747. The Morgan fingerprint density at radius 3 is 2.39 bits per heavy atom. The van der Waals surface area contributed by atoms with E-state index in [-0.39, 0.29) is 36.8 Å². The van der Waals surface area contributed by atoms with Crippen LogP contribution < -0.4 is 5.73 Å². The van der Waals surface area contributed by atoms with Crippen molar-refractivity contribution in [2.24, 2.45) is 5.73 Å². The number of aromatic nitrogens is 1. The van der Waals surface area contributed by atoms with Crippen molar-refractivity contribution in [3.05, 3.63) is 29.1 Å². The van der Waals surface area contributed by atoms with E-state index in [1.165, 1.54) is 0 Å². The van der Waals surface area contributed by atoms with E-state index < -0.39 is 0 Å². The van der Waals surface area contributed by atoms with Crippen LogP contribution in [0.25, 0.3) is 0 Å². The van der Waals surface area contributed by atoms with Crippen LogP contribution >= 0.6 is 24.8 Å². The fourth-order valence-corrected chi connectivity index (χ4v) is 1.46. The lowest BCUT2D eigenvalue weighted by Gasteiger charge is -2.24. The molecule has 1 rings (SSSR count). The molecule has 1 aromatic heterocycles. The van der Waals surface area contributed by atoms with Gasteiger partial charge in [-0.3, -0.25) is 9.78 Å². The van der Waals surface area contributed by atoms with Gasteiger partial charge < -0.3 is 10.6 Å². The number of carbonyl (C=O) groups is 1. The first-order valence-corrected chi connectivity index (χ1v) is 5.38. The van der Waals surface area contributed by atoms with E-state index in [1.807, 2.05) is 32.9 Å². The zero-order valence-corrected chi connectivity index (χ0v) is 12.8. The van der Waals surface area contributed by atoms with Gasteiger partial charge in [0.1, 0.15) is 0 Å². The van der Waals surface area contributed by atoms with E-state index in [4.69, 9.17) is 5.73 Å². The largest absolute Gasteiger partial charge is 0.338 e. The molecule has 1 amide bonds. The smallest absolute Gasteiger partial charge is 0.255 e. The minimum atomic E-state index is -0.0250. The van der Waals surface area contributed by atoms with Gasteiger partial charge in [-0.15, -0.1) is 24.8 Å². The van der Waals surface area contributed by atoms with E-state index in [2.05, 4.69) is 4.98 Å². The minimum Gasteiger partial charge on any atom is -0.338 e. The Morgan fingerprint density at radius 1 is 1.39 bits per heavy atom. The van der Waals surface area contributed by atoms with Crippen LogP contribution in [0.4, 0.5) is 0 Å². The van der Waals surface area contributed by atoms with Crippen molar-refractivity contribution in [1.29, 1.82) is 0 Å². The molecule has 0 aliphatic heterocycles. The molecule has 6 heteroatoms. The molecule has 0 radical (unpaired) electrons. The zero-order chi connectivity index (χ0) is 12.3. The molecule has 0 aliphatic rings. The summed E-state index contributed by atoms with van der Waals surface area (Å²) >= 11 is 0. The Bertz CT molecular complexity index is 399. The van der Waals surface area contributed by atoms with E-state index in [1.54, 1.807) is 11.9 Å². The molecular weight excluding hydrogens is 273 g/mol. The Morgan fingerprint density at radius 2 is 1.94 bits per heavy atom. The van der Waals surface area contributed by atoms with Crippen LogP contribution in [0.3, 0.4) is 0 Å². The highest BCUT2D eigenvalue weighted by molar-refractivity contribution is 5.95. The summed E-state index contributed by atoms with van der Waals surface area (Å²) in [5.41, 5.74) is 7.87. The summed E-state index contributed by atoms with van der Waals surface area (Å²) in [4.78, 5) is 18.0. The number of aryl methyl sites for hydroxylation is 2. The van der Waals surface area contributed by atoms with E-state index in [0.29, 0.717) is 12.1 Å². The number of nitrogens with zero attached hydrogens (tertiary/aromatic N) is 2. The van der Waals surface area contributed by atoms with E-state index in [0.717, 1.165) is 11.4 Å². The number of pyridine rings is 1. The average Bonchev–Trinajstić information content (AvgIpc) is 2.26. The zero-order valence-electron chi connectivity index (χ0n) is 11.1.